The fourth-order valence-corrected chi connectivity index (χ4v) is 2.59. The number of likely N-dealkylation sites (tertiary alicyclic amines) is 1. The fourth-order valence-electron chi connectivity index (χ4n) is 2.59. The van der Waals surface area contributed by atoms with Crippen LogP contribution in [0.25, 0.3) is 0 Å². The van der Waals surface area contributed by atoms with Gasteiger partial charge in [0.25, 0.3) is 0 Å². The van der Waals surface area contributed by atoms with Crippen LogP contribution in [0.1, 0.15) is 36.3 Å². The number of aromatic nitrogens is 1. The molecule has 5 nitrogen and oxygen atoms in total. The third-order valence-corrected chi connectivity index (χ3v) is 3.90. The number of rotatable bonds is 4. The van der Waals surface area contributed by atoms with E-state index in [9.17, 15) is 4.79 Å². The molecule has 0 atom stereocenters. The van der Waals surface area contributed by atoms with Crippen LogP contribution in [0.4, 0.5) is 0 Å². The summed E-state index contributed by atoms with van der Waals surface area (Å²) in [5.41, 5.74) is 1.96. The summed E-state index contributed by atoms with van der Waals surface area (Å²) in [6.07, 6.45) is 3.43. The summed E-state index contributed by atoms with van der Waals surface area (Å²) < 4.78 is 10.4. The van der Waals surface area contributed by atoms with E-state index in [0.29, 0.717) is 18.9 Å². The number of aryl methyl sites for hydroxylation is 2. The molecule has 0 aliphatic carbocycles. The monoisotopic (exact) mass is 266 g/mol. The molecule has 1 aliphatic heterocycles. The second-order valence-electron chi connectivity index (χ2n) is 5.12. The van der Waals surface area contributed by atoms with E-state index in [2.05, 4.69) is 5.16 Å². The van der Waals surface area contributed by atoms with Gasteiger partial charge in [-0.05, 0) is 33.1 Å². The van der Waals surface area contributed by atoms with E-state index in [1.807, 2.05) is 18.7 Å². The van der Waals surface area contributed by atoms with Crippen molar-refractivity contribution in [3.63, 3.8) is 0 Å². The zero-order valence-electron chi connectivity index (χ0n) is 11.9. The van der Waals surface area contributed by atoms with Crippen LogP contribution in [0.3, 0.4) is 0 Å². The lowest BCUT2D eigenvalue weighted by Gasteiger charge is -2.31. The van der Waals surface area contributed by atoms with Gasteiger partial charge in [0.2, 0.25) is 5.91 Å². The molecule has 0 spiro atoms. The van der Waals surface area contributed by atoms with Gasteiger partial charge in [-0.25, -0.2) is 0 Å². The number of amides is 1. The molecule has 0 aromatic carbocycles. The van der Waals surface area contributed by atoms with Gasteiger partial charge in [-0.1, -0.05) is 5.16 Å². The first-order valence-corrected chi connectivity index (χ1v) is 6.84. The van der Waals surface area contributed by atoms with Crippen LogP contribution in [-0.4, -0.2) is 42.3 Å². The molecule has 1 amide bonds. The number of nitrogens with zero attached hydrogens (tertiary/aromatic N) is 2. The standard InChI is InChI=1S/C14H22N2O3/c1-10-13(11(2)19-15-10)4-5-14(17)16-8-6-12(18-3)7-9-16/h12H,4-9H2,1-3H3. The molecule has 0 radical (unpaired) electrons. The lowest BCUT2D eigenvalue weighted by Crippen LogP contribution is -2.40. The Bertz CT molecular complexity index is 414. The third-order valence-electron chi connectivity index (χ3n) is 3.90. The van der Waals surface area contributed by atoms with Gasteiger partial charge in [0, 0.05) is 32.2 Å². The van der Waals surface area contributed by atoms with Gasteiger partial charge >= 0.3 is 0 Å². The maximum absolute atomic E-state index is 12.1. The van der Waals surface area contributed by atoms with Crippen LogP contribution in [0.5, 0.6) is 0 Å². The van der Waals surface area contributed by atoms with Gasteiger partial charge in [0.05, 0.1) is 11.8 Å². The minimum Gasteiger partial charge on any atom is -0.381 e. The Morgan fingerprint density at radius 1 is 1.42 bits per heavy atom. The van der Waals surface area contributed by atoms with Crippen molar-refractivity contribution in [2.45, 2.75) is 45.6 Å². The van der Waals surface area contributed by atoms with E-state index < -0.39 is 0 Å². The van der Waals surface area contributed by atoms with Crippen LogP contribution in [0, 0.1) is 13.8 Å². The van der Waals surface area contributed by atoms with Crippen LogP contribution >= 0.6 is 0 Å². The van der Waals surface area contributed by atoms with Crippen LogP contribution in [0.15, 0.2) is 4.52 Å². The van der Waals surface area contributed by atoms with Gasteiger partial charge in [-0.15, -0.1) is 0 Å². The number of methoxy groups -OCH3 is 1. The van der Waals surface area contributed by atoms with Crippen LogP contribution in [0.2, 0.25) is 0 Å². The Labute approximate surface area is 113 Å². The Morgan fingerprint density at radius 3 is 2.63 bits per heavy atom. The number of hydrogen-bond donors (Lipinski definition) is 0. The van der Waals surface area contributed by atoms with Gasteiger partial charge in [0.1, 0.15) is 5.76 Å². The van der Waals surface area contributed by atoms with E-state index >= 15 is 0 Å². The Balaban J connectivity index is 1.82. The average Bonchev–Trinajstić information content (AvgIpc) is 2.75. The highest BCUT2D eigenvalue weighted by molar-refractivity contribution is 5.76. The molecule has 106 valence electrons. The highest BCUT2D eigenvalue weighted by Gasteiger charge is 2.22. The topological polar surface area (TPSA) is 55.6 Å². The highest BCUT2D eigenvalue weighted by atomic mass is 16.5. The summed E-state index contributed by atoms with van der Waals surface area (Å²) >= 11 is 0. The van der Waals surface area contributed by atoms with E-state index in [4.69, 9.17) is 9.26 Å². The quantitative estimate of drug-likeness (QED) is 0.834. The molecule has 5 heteroatoms. The number of hydrogen-bond acceptors (Lipinski definition) is 4. The number of ether oxygens (including phenoxy) is 1. The van der Waals surface area contributed by atoms with E-state index in [0.717, 1.165) is 42.9 Å². The Kier molecular flexibility index (Phi) is 4.58. The van der Waals surface area contributed by atoms with Crippen molar-refractivity contribution in [3.8, 4) is 0 Å². The Hall–Kier alpha value is -1.36. The molecular weight excluding hydrogens is 244 g/mol. The van der Waals surface area contributed by atoms with Crippen molar-refractivity contribution >= 4 is 5.91 Å². The molecule has 2 heterocycles. The third kappa shape index (κ3) is 3.35. The fraction of sp³-hybridized carbons (Fsp3) is 0.714. The molecule has 1 aromatic heterocycles. The molecule has 0 saturated carbocycles. The van der Waals surface area contributed by atoms with Gasteiger partial charge in [0.15, 0.2) is 0 Å². The van der Waals surface area contributed by atoms with E-state index in [1.165, 1.54) is 0 Å². The minimum absolute atomic E-state index is 0.217. The minimum atomic E-state index is 0.217. The maximum atomic E-state index is 12.1. The van der Waals surface area contributed by atoms with Crippen molar-refractivity contribution in [3.05, 3.63) is 17.0 Å². The second-order valence-corrected chi connectivity index (χ2v) is 5.12. The summed E-state index contributed by atoms with van der Waals surface area (Å²) in [6.45, 7) is 5.42. The molecule has 0 bridgehead atoms. The summed E-state index contributed by atoms with van der Waals surface area (Å²) in [5, 5.41) is 3.91. The second kappa shape index (κ2) is 6.19. The SMILES string of the molecule is COC1CCN(C(=O)CCc2c(C)noc2C)CC1. The first kappa shape index (κ1) is 14.1. The number of carbonyl (C=O) groups excluding carboxylic acids is 1. The predicted octanol–water partition coefficient (Wildman–Crippen LogP) is 1.86. The first-order valence-electron chi connectivity index (χ1n) is 6.84. The van der Waals surface area contributed by atoms with Crippen molar-refractivity contribution in [1.29, 1.82) is 0 Å². The molecule has 2 rings (SSSR count). The normalized spacial score (nSPS) is 16.9. The smallest absolute Gasteiger partial charge is 0.222 e. The summed E-state index contributed by atoms with van der Waals surface area (Å²) in [5.74, 6) is 1.04. The van der Waals surface area contributed by atoms with Crippen molar-refractivity contribution in [1.82, 2.24) is 10.1 Å². The molecule has 1 aromatic rings. The molecule has 0 N–H and O–H groups in total. The lowest BCUT2D eigenvalue weighted by atomic mass is 10.0. The van der Waals surface area contributed by atoms with Gasteiger partial charge < -0.3 is 14.2 Å². The van der Waals surface area contributed by atoms with Crippen molar-refractivity contribution in [2.24, 2.45) is 0 Å². The molecule has 1 fully saturated rings. The van der Waals surface area contributed by atoms with Crippen molar-refractivity contribution in [2.75, 3.05) is 20.2 Å². The summed E-state index contributed by atoms with van der Waals surface area (Å²) in [6, 6.07) is 0. The van der Waals surface area contributed by atoms with E-state index in [-0.39, 0.29) is 5.91 Å². The zero-order chi connectivity index (χ0) is 13.8. The molecule has 1 aliphatic rings. The molecule has 19 heavy (non-hydrogen) atoms. The predicted molar refractivity (Wildman–Crippen MR) is 70.9 cm³/mol. The van der Waals surface area contributed by atoms with Crippen molar-refractivity contribution < 1.29 is 14.1 Å². The Morgan fingerprint density at radius 2 is 2.11 bits per heavy atom. The van der Waals surface area contributed by atoms with Gasteiger partial charge in [-0.3, -0.25) is 4.79 Å². The molecular formula is C14H22N2O3. The lowest BCUT2D eigenvalue weighted by molar-refractivity contribution is -0.133. The molecule has 0 unspecified atom stereocenters. The average molecular weight is 266 g/mol. The van der Waals surface area contributed by atoms with Crippen LogP contribution in [-0.2, 0) is 16.0 Å². The first-order chi connectivity index (χ1) is 9.11. The van der Waals surface area contributed by atoms with E-state index in [1.54, 1.807) is 7.11 Å². The summed E-state index contributed by atoms with van der Waals surface area (Å²) in [7, 11) is 1.74. The number of piperidine rings is 1. The largest absolute Gasteiger partial charge is 0.381 e. The highest BCUT2D eigenvalue weighted by Crippen LogP contribution is 2.17. The van der Waals surface area contributed by atoms with Crippen LogP contribution < -0.4 is 0 Å². The number of carbonyl (C=O) groups is 1. The summed E-state index contributed by atoms with van der Waals surface area (Å²) in [4.78, 5) is 14.1. The zero-order valence-corrected chi connectivity index (χ0v) is 11.9. The maximum Gasteiger partial charge on any atom is 0.222 e. The molecule has 1 saturated heterocycles. The van der Waals surface area contributed by atoms with Gasteiger partial charge in [-0.2, -0.15) is 0 Å².